The number of ether oxygens (including phenoxy) is 2. The highest BCUT2D eigenvalue weighted by Gasteiger charge is 2.32. The van der Waals surface area contributed by atoms with Crippen LogP contribution in [0.3, 0.4) is 0 Å². The maximum absolute atomic E-state index is 12.0. The number of nitrogens with one attached hydrogen (secondary N) is 1. The van der Waals surface area contributed by atoms with Gasteiger partial charge in [-0.25, -0.2) is 0 Å². The first-order chi connectivity index (χ1) is 12.6. The van der Waals surface area contributed by atoms with Crippen LogP contribution in [0.15, 0.2) is 48.5 Å². The average molecular weight is 355 g/mol. The van der Waals surface area contributed by atoms with E-state index in [2.05, 4.69) is 11.4 Å². The molecule has 26 heavy (non-hydrogen) atoms. The highest BCUT2D eigenvalue weighted by atomic mass is 16.5. The molecule has 3 rings (SSSR count). The van der Waals surface area contributed by atoms with Crippen molar-refractivity contribution in [1.82, 2.24) is 5.32 Å². The van der Waals surface area contributed by atoms with Crippen molar-refractivity contribution in [2.75, 3.05) is 19.8 Å². The van der Waals surface area contributed by atoms with Crippen molar-refractivity contribution in [1.29, 1.82) is 0 Å². The van der Waals surface area contributed by atoms with E-state index in [1.807, 2.05) is 25.1 Å². The number of aryl methyl sites for hydroxylation is 1. The first-order valence-corrected chi connectivity index (χ1v) is 8.99. The van der Waals surface area contributed by atoms with E-state index in [0.29, 0.717) is 25.2 Å². The van der Waals surface area contributed by atoms with Gasteiger partial charge in [-0.2, -0.15) is 0 Å². The van der Waals surface area contributed by atoms with Gasteiger partial charge in [-0.3, -0.25) is 4.79 Å². The zero-order valence-electron chi connectivity index (χ0n) is 15.0. The molecule has 0 fully saturated rings. The van der Waals surface area contributed by atoms with Crippen molar-refractivity contribution >= 4 is 5.91 Å². The zero-order valence-corrected chi connectivity index (χ0v) is 15.0. The van der Waals surface area contributed by atoms with Crippen LogP contribution in [0.1, 0.15) is 24.5 Å². The summed E-state index contributed by atoms with van der Waals surface area (Å²) in [5, 5.41) is 13.6. The minimum absolute atomic E-state index is 0.0827. The molecule has 1 unspecified atom stereocenters. The SMILES string of the molecule is CCOc1ccc(OCC(=O)NCC2(O)CCc3ccccc3C2)cc1. The molecular formula is C21H25NO4. The molecule has 0 bridgehead atoms. The summed E-state index contributed by atoms with van der Waals surface area (Å²) in [5.74, 6) is 1.13. The van der Waals surface area contributed by atoms with Crippen molar-refractivity contribution in [3.8, 4) is 11.5 Å². The third-order valence-electron chi connectivity index (χ3n) is 4.62. The fourth-order valence-corrected chi connectivity index (χ4v) is 3.20. The predicted molar refractivity (Wildman–Crippen MR) is 99.5 cm³/mol. The highest BCUT2D eigenvalue weighted by molar-refractivity contribution is 5.77. The van der Waals surface area contributed by atoms with E-state index in [1.54, 1.807) is 24.3 Å². The van der Waals surface area contributed by atoms with E-state index >= 15 is 0 Å². The topological polar surface area (TPSA) is 67.8 Å². The van der Waals surface area contributed by atoms with Crippen LogP contribution in [-0.4, -0.2) is 36.4 Å². The third kappa shape index (κ3) is 4.76. The molecule has 1 amide bonds. The molecule has 0 radical (unpaired) electrons. The van der Waals surface area contributed by atoms with Gasteiger partial charge in [0.2, 0.25) is 0 Å². The molecule has 1 atom stereocenters. The minimum atomic E-state index is -0.900. The quantitative estimate of drug-likeness (QED) is 0.801. The van der Waals surface area contributed by atoms with Crippen LogP contribution < -0.4 is 14.8 Å². The van der Waals surface area contributed by atoms with Gasteiger partial charge in [0.1, 0.15) is 11.5 Å². The van der Waals surface area contributed by atoms with Gasteiger partial charge in [-0.1, -0.05) is 24.3 Å². The van der Waals surface area contributed by atoms with Gasteiger partial charge >= 0.3 is 0 Å². The van der Waals surface area contributed by atoms with Crippen molar-refractivity contribution in [2.45, 2.75) is 31.8 Å². The number of carbonyl (C=O) groups is 1. The number of hydrogen-bond acceptors (Lipinski definition) is 4. The van der Waals surface area contributed by atoms with Gasteiger partial charge < -0.3 is 19.9 Å². The predicted octanol–water partition coefficient (Wildman–Crippen LogP) is 2.50. The van der Waals surface area contributed by atoms with E-state index < -0.39 is 5.60 Å². The lowest BCUT2D eigenvalue weighted by atomic mass is 9.80. The Hall–Kier alpha value is -2.53. The third-order valence-corrected chi connectivity index (χ3v) is 4.62. The summed E-state index contributed by atoms with van der Waals surface area (Å²) >= 11 is 0. The van der Waals surface area contributed by atoms with E-state index in [-0.39, 0.29) is 19.1 Å². The lowest BCUT2D eigenvalue weighted by molar-refractivity contribution is -0.124. The van der Waals surface area contributed by atoms with Gasteiger partial charge in [0.25, 0.3) is 5.91 Å². The number of aliphatic hydroxyl groups is 1. The molecule has 1 aliphatic carbocycles. The van der Waals surface area contributed by atoms with Crippen molar-refractivity contribution in [2.24, 2.45) is 0 Å². The van der Waals surface area contributed by atoms with Crippen molar-refractivity contribution in [3.05, 3.63) is 59.7 Å². The van der Waals surface area contributed by atoms with E-state index in [1.165, 1.54) is 5.56 Å². The van der Waals surface area contributed by atoms with Gasteiger partial charge in [0, 0.05) is 13.0 Å². The second-order valence-electron chi connectivity index (χ2n) is 6.64. The highest BCUT2D eigenvalue weighted by Crippen LogP contribution is 2.28. The molecule has 0 aromatic heterocycles. The second kappa shape index (κ2) is 8.23. The smallest absolute Gasteiger partial charge is 0.258 e. The Morgan fingerprint density at radius 1 is 1.08 bits per heavy atom. The maximum Gasteiger partial charge on any atom is 0.258 e. The van der Waals surface area contributed by atoms with E-state index in [4.69, 9.17) is 9.47 Å². The summed E-state index contributed by atoms with van der Waals surface area (Å²) < 4.78 is 10.8. The fourth-order valence-electron chi connectivity index (χ4n) is 3.20. The van der Waals surface area contributed by atoms with E-state index in [9.17, 15) is 9.90 Å². The summed E-state index contributed by atoms with van der Waals surface area (Å²) in [6, 6.07) is 15.3. The molecule has 2 aromatic carbocycles. The lowest BCUT2D eigenvalue weighted by Gasteiger charge is -2.33. The van der Waals surface area contributed by atoms with Crippen LogP contribution in [0.25, 0.3) is 0 Å². The molecule has 0 aliphatic heterocycles. The second-order valence-corrected chi connectivity index (χ2v) is 6.64. The van der Waals surface area contributed by atoms with Crippen LogP contribution in [0.5, 0.6) is 11.5 Å². The number of benzene rings is 2. The Morgan fingerprint density at radius 3 is 2.42 bits per heavy atom. The zero-order chi connectivity index (χ0) is 18.4. The Bertz CT molecular complexity index is 744. The Balaban J connectivity index is 1.45. The first kappa shape index (κ1) is 18.3. The van der Waals surface area contributed by atoms with Gasteiger partial charge in [-0.05, 0) is 55.2 Å². The number of carbonyl (C=O) groups excluding carboxylic acids is 1. The monoisotopic (exact) mass is 355 g/mol. The largest absolute Gasteiger partial charge is 0.494 e. The molecule has 5 heteroatoms. The van der Waals surface area contributed by atoms with Crippen LogP contribution in [0, 0.1) is 0 Å². The summed E-state index contributed by atoms with van der Waals surface area (Å²) in [5.41, 5.74) is 1.53. The maximum atomic E-state index is 12.0. The van der Waals surface area contributed by atoms with Crippen molar-refractivity contribution in [3.63, 3.8) is 0 Å². The summed E-state index contributed by atoms with van der Waals surface area (Å²) in [4.78, 5) is 12.0. The molecule has 0 spiro atoms. The molecule has 2 aromatic rings. The fraction of sp³-hybridized carbons (Fsp3) is 0.381. The molecule has 2 N–H and O–H groups in total. The van der Waals surface area contributed by atoms with Gasteiger partial charge in [0.15, 0.2) is 6.61 Å². The number of fused-ring (bicyclic) bond motifs is 1. The minimum Gasteiger partial charge on any atom is -0.494 e. The van der Waals surface area contributed by atoms with Crippen LogP contribution in [-0.2, 0) is 17.6 Å². The molecule has 1 aliphatic rings. The molecule has 0 saturated heterocycles. The molecule has 5 nitrogen and oxygen atoms in total. The van der Waals surface area contributed by atoms with Crippen LogP contribution in [0.4, 0.5) is 0 Å². The number of hydrogen-bond donors (Lipinski definition) is 2. The van der Waals surface area contributed by atoms with Crippen LogP contribution in [0.2, 0.25) is 0 Å². The molecule has 0 saturated carbocycles. The molecule has 0 heterocycles. The first-order valence-electron chi connectivity index (χ1n) is 8.99. The van der Waals surface area contributed by atoms with E-state index in [0.717, 1.165) is 17.7 Å². The standard InChI is InChI=1S/C21H25NO4/c1-2-25-18-7-9-19(10-8-18)26-14-20(23)22-15-21(24)12-11-16-5-3-4-6-17(16)13-21/h3-10,24H,2,11-15H2,1H3,(H,22,23). The van der Waals surface area contributed by atoms with Gasteiger partial charge in [-0.15, -0.1) is 0 Å². The Labute approximate surface area is 153 Å². The molecule has 138 valence electrons. The summed E-state index contributed by atoms with van der Waals surface area (Å²) in [6.45, 7) is 2.68. The van der Waals surface area contributed by atoms with Gasteiger partial charge in [0.05, 0.1) is 12.2 Å². The van der Waals surface area contributed by atoms with Crippen LogP contribution >= 0.6 is 0 Å². The Morgan fingerprint density at radius 2 is 1.73 bits per heavy atom. The summed E-state index contributed by atoms with van der Waals surface area (Å²) in [6.07, 6.45) is 2.03. The number of rotatable bonds is 7. The molecular weight excluding hydrogens is 330 g/mol. The van der Waals surface area contributed by atoms with Crippen molar-refractivity contribution < 1.29 is 19.4 Å². The Kier molecular flexibility index (Phi) is 5.78. The normalized spacial score (nSPS) is 18.7. The summed E-state index contributed by atoms with van der Waals surface area (Å²) in [7, 11) is 0. The average Bonchev–Trinajstić information content (AvgIpc) is 2.66. The lowest BCUT2D eigenvalue weighted by Crippen LogP contribution is -2.47. The number of amides is 1.